The Bertz CT molecular complexity index is 682. The molecule has 2 aromatic carbocycles. The van der Waals surface area contributed by atoms with Gasteiger partial charge in [0.1, 0.15) is 0 Å². The number of aryl methyl sites for hydroxylation is 1. The topological polar surface area (TPSA) is 27.6 Å². The van der Waals surface area contributed by atoms with Crippen LogP contribution in [0.3, 0.4) is 0 Å². The lowest BCUT2D eigenvalue weighted by Crippen LogP contribution is -2.36. The molecule has 1 heterocycles. The maximum atomic E-state index is 6.08. The number of hydrogen-bond acceptors (Lipinski definition) is 3. The van der Waals surface area contributed by atoms with E-state index in [4.69, 9.17) is 11.6 Å². The van der Waals surface area contributed by atoms with Crippen LogP contribution in [0, 0.1) is 6.92 Å². The molecule has 1 atom stereocenters. The third-order valence-electron chi connectivity index (χ3n) is 3.93. The first kappa shape index (κ1) is 14.9. The monoisotopic (exact) mass is 313 g/mol. The van der Waals surface area contributed by atoms with Crippen molar-refractivity contribution in [1.29, 1.82) is 0 Å². The Labute approximate surface area is 136 Å². The molecule has 0 spiro atoms. The van der Waals surface area contributed by atoms with Crippen LogP contribution in [-0.4, -0.2) is 24.5 Å². The number of hydrogen-bond donors (Lipinski definition) is 1. The van der Waals surface area contributed by atoms with Crippen molar-refractivity contribution >= 4 is 17.6 Å². The molecule has 0 fully saturated rings. The molecule has 22 heavy (non-hydrogen) atoms. The first-order chi connectivity index (χ1) is 10.6. The molecule has 0 bridgehead atoms. The highest BCUT2D eigenvalue weighted by atomic mass is 35.5. The summed E-state index contributed by atoms with van der Waals surface area (Å²) >= 11 is 6.08. The molecular formula is C18H20ClN3. The Hall–Kier alpha value is -2.00. The standard InChI is InChI=1S/C18H20ClN3/c1-13-10-14(8-9-16(13)19)12-22(2)18-20-11-17(21-18)15-6-4-3-5-7-15/h3-10,17H,11-12H2,1-2H3,(H,20,21). The zero-order valence-corrected chi connectivity index (χ0v) is 13.6. The van der Waals surface area contributed by atoms with Gasteiger partial charge in [-0.05, 0) is 29.7 Å². The molecular weight excluding hydrogens is 294 g/mol. The van der Waals surface area contributed by atoms with E-state index in [0.717, 1.165) is 29.6 Å². The van der Waals surface area contributed by atoms with Crippen LogP contribution in [0.1, 0.15) is 22.7 Å². The summed E-state index contributed by atoms with van der Waals surface area (Å²) in [7, 11) is 2.06. The fraction of sp³-hybridized carbons (Fsp3) is 0.278. The lowest BCUT2D eigenvalue weighted by Gasteiger charge is -2.21. The van der Waals surface area contributed by atoms with Crippen molar-refractivity contribution in [2.75, 3.05) is 13.6 Å². The van der Waals surface area contributed by atoms with Crippen LogP contribution in [0.5, 0.6) is 0 Å². The van der Waals surface area contributed by atoms with Crippen LogP contribution in [0.4, 0.5) is 0 Å². The van der Waals surface area contributed by atoms with Gasteiger partial charge in [0, 0.05) is 18.6 Å². The Balaban J connectivity index is 1.64. The third-order valence-corrected chi connectivity index (χ3v) is 4.36. The van der Waals surface area contributed by atoms with Crippen LogP contribution < -0.4 is 5.32 Å². The first-order valence-electron chi connectivity index (χ1n) is 7.45. The average Bonchev–Trinajstić information content (AvgIpc) is 3.02. The minimum absolute atomic E-state index is 0.269. The second-order valence-electron chi connectivity index (χ2n) is 5.71. The van der Waals surface area contributed by atoms with Crippen LogP contribution in [0.25, 0.3) is 0 Å². The van der Waals surface area contributed by atoms with Crippen molar-refractivity contribution in [2.24, 2.45) is 4.99 Å². The molecule has 0 amide bonds. The first-order valence-corrected chi connectivity index (χ1v) is 7.83. The van der Waals surface area contributed by atoms with Crippen LogP contribution >= 0.6 is 11.6 Å². The Morgan fingerprint density at radius 3 is 2.73 bits per heavy atom. The molecule has 0 radical (unpaired) electrons. The SMILES string of the molecule is Cc1cc(CN(C)C2=NCC(c3ccccc3)N2)ccc1Cl. The number of aliphatic imine (C=N–C) groups is 1. The molecule has 2 aromatic rings. The summed E-state index contributed by atoms with van der Waals surface area (Å²) in [6, 6.07) is 16.9. The quantitative estimate of drug-likeness (QED) is 0.934. The Morgan fingerprint density at radius 2 is 2.00 bits per heavy atom. The van der Waals surface area contributed by atoms with Crippen molar-refractivity contribution in [3.05, 3.63) is 70.2 Å². The number of halogens is 1. The van der Waals surface area contributed by atoms with Crippen molar-refractivity contribution in [3.63, 3.8) is 0 Å². The molecule has 3 rings (SSSR count). The predicted molar refractivity (Wildman–Crippen MR) is 92.3 cm³/mol. The minimum atomic E-state index is 0.269. The lowest BCUT2D eigenvalue weighted by molar-refractivity contribution is 0.480. The van der Waals surface area contributed by atoms with Gasteiger partial charge in [-0.1, -0.05) is 54.1 Å². The highest BCUT2D eigenvalue weighted by Gasteiger charge is 2.21. The molecule has 3 nitrogen and oxygen atoms in total. The summed E-state index contributed by atoms with van der Waals surface area (Å²) in [6.45, 7) is 3.62. The molecule has 0 saturated heterocycles. The fourth-order valence-corrected chi connectivity index (χ4v) is 2.80. The van der Waals surface area contributed by atoms with E-state index in [0.29, 0.717) is 0 Å². The van der Waals surface area contributed by atoms with Crippen molar-refractivity contribution in [1.82, 2.24) is 10.2 Å². The summed E-state index contributed by atoms with van der Waals surface area (Å²) in [5.74, 6) is 0.946. The summed E-state index contributed by atoms with van der Waals surface area (Å²) in [5, 5.41) is 4.32. The van der Waals surface area contributed by atoms with Gasteiger partial charge in [0.15, 0.2) is 5.96 Å². The van der Waals surface area contributed by atoms with Crippen LogP contribution in [0.2, 0.25) is 5.02 Å². The van der Waals surface area contributed by atoms with E-state index in [-0.39, 0.29) is 6.04 Å². The number of nitrogens with one attached hydrogen (secondary N) is 1. The molecule has 0 saturated carbocycles. The average molecular weight is 314 g/mol. The molecule has 114 valence electrons. The van der Waals surface area contributed by atoms with Gasteiger partial charge in [0.25, 0.3) is 0 Å². The zero-order chi connectivity index (χ0) is 15.5. The molecule has 0 aliphatic carbocycles. The van der Waals surface area contributed by atoms with Crippen LogP contribution in [-0.2, 0) is 6.54 Å². The molecule has 4 heteroatoms. The molecule has 0 aromatic heterocycles. The minimum Gasteiger partial charge on any atom is -0.348 e. The highest BCUT2D eigenvalue weighted by molar-refractivity contribution is 6.31. The van der Waals surface area contributed by atoms with Crippen molar-refractivity contribution in [3.8, 4) is 0 Å². The second kappa shape index (κ2) is 6.41. The van der Waals surface area contributed by atoms with Gasteiger partial charge in [0.05, 0.1) is 12.6 Å². The lowest BCUT2D eigenvalue weighted by atomic mass is 10.1. The third kappa shape index (κ3) is 3.25. The van der Waals surface area contributed by atoms with Gasteiger partial charge >= 0.3 is 0 Å². The van der Waals surface area contributed by atoms with Gasteiger partial charge in [-0.15, -0.1) is 0 Å². The maximum absolute atomic E-state index is 6.08. The number of benzene rings is 2. The predicted octanol–water partition coefficient (Wildman–Crippen LogP) is 3.78. The fourth-order valence-electron chi connectivity index (χ4n) is 2.68. The van der Waals surface area contributed by atoms with Crippen molar-refractivity contribution < 1.29 is 0 Å². The summed E-state index contributed by atoms with van der Waals surface area (Å²) in [5.41, 5.74) is 3.62. The maximum Gasteiger partial charge on any atom is 0.194 e. The van der Waals surface area contributed by atoms with Gasteiger partial charge in [-0.2, -0.15) is 0 Å². The summed E-state index contributed by atoms with van der Waals surface area (Å²) < 4.78 is 0. The van der Waals surface area contributed by atoms with E-state index in [9.17, 15) is 0 Å². The van der Waals surface area contributed by atoms with E-state index < -0.39 is 0 Å². The number of guanidine groups is 1. The van der Waals surface area contributed by atoms with E-state index >= 15 is 0 Å². The highest BCUT2D eigenvalue weighted by Crippen LogP contribution is 2.20. The zero-order valence-electron chi connectivity index (χ0n) is 12.9. The van der Waals surface area contributed by atoms with E-state index in [1.54, 1.807) is 0 Å². The molecule has 1 unspecified atom stereocenters. The molecule has 1 N–H and O–H groups in total. The second-order valence-corrected chi connectivity index (χ2v) is 6.12. The van der Waals surface area contributed by atoms with Gasteiger partial charge in [-0.3, -0.25) is 4.99 Å². The molecule has 1 aliphatic rings. The Morgan fingerprint density at radius 1 is 1.23 bits per heavy atom. The van der Waals surface area contributed by atoms with Gasteiger partial charge < -0.3 is 10.2 Å². The summed E-state index contributed by atoms with van der Waals surface area (Å²) in [6.07, 6.45) is 0. The van der Waals surface area contributed by atoms with Gasteiger partial charge in [-0.25, -0.2) is 0 Å². The van der Waals surface area contributed by atoms with Crippen LogP contribution in [0.15, 0.2) is 53.5 Å². The van der Waals surface area contributed by atoms with E-state index in [1.807, 2.05) is 19.1 Å². The van der Waals surface area contributed by atoms with Gasteiger partial charge in [0.2, 0.25) is 0 Å². The smallest absolute Gasteiger partial charge is 0.194 e. The number of nitrogens with zero attached hydrogens (tertiary/aromatic N) is 2. The summed E-state index contributed by atoms with van der Waals surface area (Å²) in [4.78, 5) is 6.78. The normalized spacial score (nSPS) is 17.0. The largest absolute Gasteiger partial charge is 0.348 e. The van der Waals surface area contributed by atoms with E-state index in [1.165, 1.54) is 11.1 Å². The van der Waals surface area contributed by atoms with E-state index in [2.05, 4.69) is 58.7 Å². The molecule has 1 aliphatic heterocycles. The Kier molecular flexibility index (Phi) is 4.34. The van der Waals surface area contributed by atoms with Crippen molar-refractivity contribution in [2.45, 2.75) is 19.5 Å². The number of rotatable bonds is 3.